The van der Waals surface area contributed by atoms with E-state index < -0.39 is 10.0 Å². The zero-order chi connectivity index (χ0) is 22.9. The standard InChI is InChI=1S/C22H24Cl2N2O5S/c1-25(14-15-2-4-18(23)19(24)12-15)22(27)16-6-8-26(9-7-16)32(28,29)17-3-5-20-21(13-17)31-11-10-30-20/h2-5,12-13,16H,6-11,14H2,1H3. The number of piperidine rings is 1. The number of carbonyl (C=O) groups excluding carboxylic acids is 1. The number of amides is 1. The van der Waals surface area contributed by atoms with E-state index in [1.807, 2.05) is 6.07 Å². The number of hydrogen-bond acceptors (Lipinski definition) is 5. The Balaban J connectivity index is 1.37. The van der Waals surface area contributed by atoms with Crippen molar-refractivity contribution in [3.05, 3.63) is 52.0 Å². The molecule has 0 N–H and O–H groups in total. The van der Waals surface area contributed by atoms with Gasteiger partial charge in [0.15, 0.2) is 11.5 Å². The predicted octanol–water partition coefficient (Wildman–Crippen LogP) is 3.82. The molecule has 32 heavy (non-hydrogen) atoms. The maximum Gasteiger partial charge on any atom is 0.243 e. The lowest BCUT2D eigenvalue weighted by atomic mass is 9.96. The molecule has 10 heteroatoms. The van der Waals surface area contributed by atoms with Gasteiger partial charge in [0.1, 0.15) is 13.2 Å². The highest BCUT2D eigenvalue weighted by Crippen LogP contribution is 2.34. The van der Waals surface area contributed by atoms with E-state index in [0.717, 1.165) is 5.56 Å². The van der Waals surface area contributed by atoms with Crippen LogP contribution in [0.25, 0.3) is 0 Å². The molecule has 2 aliphatic heterocycles. The summed E-state index contributed by atoms with van der Waals surface area (Å²) in [6.45, 7) is 1.81. The Hall–Kier alpha value is -2.00. The van der Waals surface area contributed by atoms with Gasteiger partial charge in [-0.3, -0.25) is 4.79 Å². The summed E-state index contributed by atoms with van der Waals surface area (Å²) in [7, 11) is -1.94. The lowest BCUT2D eigenvalue weighted by molar-refractivity contribution is -0.135. The summed E-state index contributed by atoms with van der Waals surface area (Å²) in [5.41, 5.74) is 0.883. The number of benzene rings is 2. The van der Waals surface area contributed by atoms with Crippen molar-refractivity contribution < 1.29 is 22.7 Å². The van der Waals surface area contributed by atoms with Crippen molar-refractivity contribution in [1.29, 1.82) is 0 Å². The summed E-state index contributed by atoms with van der Waals surface area (Å²) in [5.74, 6) is 0.748. The van der Waals surface area contributed by atoms with Crippen LogP contribution in [0, 0.1) is 5.92 Å². The van der Waals surface area contributed by atoms with E-state index >= 15 is 0 Å². The molecule has 2 aromatic rings. The van der Waals surface area contributed by atoms with Crippen molar-refractivity contribution in [1.82, 2.24) is 9.21 Å². The van der Waals surface area contributed by atoms with E-state index in [-0.39, 0.29) is 29.8 Å². The fraction of sp³-hybridized carbons (Fsp3) is 0.409. The second-order valence-corrected chi connectivity index (χ2v) is 10.7. The molecule has 0 aromatic heterocycles. The van der Waals surface area contributed by atoms with Gasteiger partial charge < -0.3 is 14.4 Å². The summed E-state index contributed by atoms with van der Waals surface area (Å²) < 4.78 is 38.6. The zero-order valence-electron chi connectivity index (χ0n) is 17.6. The second-order valence-electron chi connectivity index (χ2n) is 7.93. The fourth-order valence-electron chi connectivity index (χ4n) is 3.98. The SMILES string of the molecule is CN(Cc1ccc(Cl)c(Cl)c1)C(=O)C1CCN(S(=O)(=O)c2ccc3c(c2)OCCO3)CC1. The van der Waals surface area contributed by atoms with Gasteiger partial charge in [-0.15, -0.1) is 0 Å². The minimum atomic E-state index is -3.68. The molecular formula is C22H24Cl2N2O5S. The van der Waals surface area contributed by atoms with Crippen LogP contribution in [0.4, 0.5) is 0 Å². The number of halogens is 2. The lowest BCUT2D eigenvalue weighted by Crippen LogP contribution is -2.43. The number of sulfonamides is 1. The Kier molecular flexibility index (Phi) is 6.86. The van der Waals surface area contributed by atoms with Gasteiger partial charge in [-0.1, -0.05) is 29.3 Å². The van der Waals surface area contributed by atoms with Gasteiger partial charge in [-0.25, -0.2) is 8.42 Å². The topological polar surface area (TPSA) is 76.2 Å². The molecule has 0 unspecified atom stereocenters. The number of fused-ring (bicyclic) bond motifs is 1. The van der Waals surface area contributed by atoms with E-state index in [4.69, 9.17) is 32.7 Å². The van der Waals surface area contributed by atoms with Crippen molar-refractivity contribution >= 4 is 39.1 Å². The molecule has 0 aliphatic carbocycles. The number of carbonyl (C=O) groups is 1. The van der Waals surface area contributed by atoms with E-state index in [0.29, 0.717) is 54.1 Å². The van der Waals surface area contributed by atoms with Crippen molar-refractivity contribution in [2.75, 3.05) is 33.4 Å². The van der Waals surface area contributed by atoms with Crippen molar-refractivity contribution in [3.8, 4) is 11.5 Å². The lowest BCUT2D eigenvalue weighted by Gasteiger charge is -2.32. The van der Waals surface area contributed by atoms with Crippen LogP contribution in [0.2, 0.25) is 10.0 Å². The Morgan fingerprint density at radius 2 is 1.72 bits per heavy atom. The van der Waals surface area contributed by atoms with Crippen LogP contribution in [0.3, 0.4) is 0 Å². The molecule has 7 nitrogen and oxygen atoms in total. The molecule has 2 aliphatic rings. The van der Waals surface area contributed by atoms with E-state index in [1.54, 1.807) is 30.1 Å². The first kappa shape index (κ1) is 23.2. The molecule has 2 aromatic carbocycles. The minimum Gasteiger partial charge on any atom is -0.486 e. The summed E-state index contributed by atoms with van der Waals surface area (Å²) in [4.78, 5) is 14.7. The molecular weight excluding hydrogens is 475 g/mol. The van der Waals surface area contributed by atoms with Crippen molar-refractivity contribution in [2.24, 2.45) is 5.92 Å². The molecule has 1 amide bonds. The van der Waals surface area contributed by atoms with Gasteiger partial charge in [-0.2, -0.15) is 4.31 Å². The van der Waals surface area contributed by atoms with Gasteiger partial charge in [0.25, 0.3) is 0 Å². The van der Waals surface area contributed by atoms with Crippen LogP contribution in [0.15, 0.2) is 41.3 Å². The fourth-order valence-corrected chi connectivity index (χ4v) is 5.78. The number of nitrogens with zero attached hydrogens (tertiary/aromatic N) is 2. The van der Waals surface area contributed by atoms with Crippen LogP contribution >= 0.6 is 23.2 Å². The highest BCUT2D eigenvalue weighted by atomic mass is 35.5. The van der Waals surface area contributed by atoms with E-state index in [9.17, 15) is 13.2 Å². The molecule has 0 radical (unpaired) electrons. The zero-order valence-corrected chi connectivity index (χ0v) is 19.9. The highest BCUT2D eigenvalue weighted by molar-refractivity contribution is 7.89. The van der Waals surface area contributed by atoms with Gasteiger partial charge in [0.05, 0.1) is 14.9 Å². The molecule has 0 bridgehead atoms. The van der Waals surface area contributed by atoms with Crippen LogP contribution in [0.1, 0.15) is 18.4 Å². The van der Waals surface area contributed by atoms with Crippen molar-refractivity contribution in [2.45, 2.75) is 24.3 Å². The highest BCUT2D eigenvalue weighted by Gasteiger charge is 2.33. The maximum absolute atomic E-state index is 13.1. The van der Waals surface area contributed by atoms with Crippen LogP contribution < -0.4 is 9.47 Å². The van der Waals surface area contributed by atoms with Crippen LogP contribution in [0.5, 0.6) is 11.5 Å². The first-order chi connectivity index (χ1) is 15.3. The summed E-state index contributed by atoms with van der Waals surface area (Å²) in [6, 6.07) is 9.95. The Morgan fingerprint density at radius 3 is 2.41 bits per heavy atom. The molecule has 172 valence electrons. The van der Waals surface area contributed by atoms with E-state index in [1.165, 1.54) is 16.4 Å². The third-order valence-electron chi connectivity index (χ3n) is 5.73. The normalized spacial score (nSPS) is 17.2. The third-order valence-corrected chi connectivity index (χ3v) is 8.37. The molecule has 0 spiro atoms. The Labute approximate surface area is 197 Å². The van der Waals surface area contributed by atoms with Crippen LogP contribution in [-0.2, 0) is 21.4 Å². The molecule has 4 rings (SSSR count). The first-order valence-corrected chi connectivity index (χ1v) is 12.5. The number of hydrogen-bond donors (Lipinski definition) is 0. The molecule has 0 atom stereocenters. The smallest absolute Gasteiger partial charge is 0.243 e. The van der Waals surface area contributed by atoms with Crippen molar-refractivity contribution in [3.63, 3.8) is 0 Å². The third kappa shape index (κ3) is 4.83. The number of ether oxygens (including phenoxy) is 2. The van der Waals surface area contributed by atoms with Gasteiger partial charge >= 0.3 is 0 Å². The molecule has 1 saturated heterocycles. The Morgan fingerprint density at radius 1 is 1.03 bits per heavy atom. The summed E-state index contributed by atoms with van der Waals surface area (Å²) in [5, 5.41) is 0.915. The van der Waals surface area contributed by atoms with Gasteiger partial charge in [0, 0.05) is 38.7 Å². The second kappa shape index (κ2) is 9.47. The quantitative estimate of drug-likeness (QED) is 0.625. The van der Waals surface area contributed by atoms with Crippen LogP contribution in [-0.4, -0.2) is 56.9 Å². The average molecular weight is 499 g/mol. The van der Waals surface area contributed by atoms with E-state index in [2.05, 4.69) is 0 Å². The van der Waals surface area contributed by atoms with Gasteiger partial charge in [-0.05, 0) is 42.7 Å². The summed E-state index contributed by atoms with van der Waals surface area (Å²) >= 11 is 12.0. The molecule has 1 fully saturated rings. The summed E-state index contributed by atoms with van der Waals surface area (Å²) in [6.07, 6.45) is 0.933. The van der Waals surface area contributed by atoms with Gasteiger partial charge in [0.2, 0.25) is 15.9 Å². The molecule has 2 heterocycles. The predicted molar refractivity (Wildman–Crippen MR) is 122 cm³/mol. The minimum absolute atomic E-state index is 0.00699. The maximum atomic E-state index is 13.1. The molecule has 0 saturated carbocycles. The monoisotopic (exact) mass is 498 g/mol. The largest absolute Gasteiger partial charge is 0.486 e. The first-order valence-electron chi connectivity index (χ1n) is 10.3. The average Bonchev–Trinajstić information content (AvgIpc) is 2.80. The number of rotatable bonds is 5. The Bertz CT molecular complexity index is 1120.